The van der Waals surface area contributed by atoms with Crippen molar-refractivity contribution in [1.29, 1.82) is 0 Å². The number of hydrazine groups is 1. The molecule has 178 valence electrons. The number of pyridine rings is 1. The number of hydroxylamine groups is 1. The number of allylic oxidation sites excluding steroid dienone is 2. The second-order valence-corrected chi connectivity index (χ2v) is 8.62. The fraction of sp³-hybridized carbons (Fsp3) is 0.192. The zero-order valence-electron chi connectivity index (χ0n) is 19.2. The monoisotopic (exact) mass is 474 g/mol. The molecule has 1 aliphatic carbocycles. The SMILES string of the molecule is CC(C)Oc1cc(-c2ccc(F)cc2)ccc1CCN1N[NH+]([O-])C2=C1C(=O)c1cccnc1C2=O. The van der Waals surface area contributed by atoms with Crippen LogP contribution < -0.4 is 15.4 Å². The molecule has 35 heavy (non-hydrogen) atoms. The molecule has 2 heterocycles. The topological polar surface area (TPSA) is 99.0 Å². The number of carbonyl (C=O) groups excluding carboxylic acids is 2. The van der Waals surface area contributed by atoms with Crippen LogP contribution in [0, 0.1) is 11.0 Å². The van der Waals surface area contributed by atoms with Crippen LogP contribution in [0.2, 0.25) is 0 Å². The van der Waals surface area contributed by atoms with Gasteiger partial charge in [0.05, 0.1) is 11.7 Å². The van der Waals surface area contributed by atoms with Gasteiger partial charge in [-0.05, 0) is 67.3 Å². The van der Waals surface area contributed by atoms with Gasteiger partial charge < -0.3 is 9.94 Å². The van der Waals surface area contributed by atoms with Crippen LogP contribution in [0.1, 0.15) is 40.3 Å². The van der Waals surface area contributed by atoms with Crippen LogP contribution in [-0.4, -0.2) is 34.2 Å². The largest absolute Gasteiger partial charge is 0.606 e. The van der Waals surface area contributed by atoms with Crippen molar-refractivity contribution in [3.63, 3.8) is 0 Å². The molecule has 2 aromatic carbocycles. The summed E-state index contributed by atoms with van der Waals surface area (Å²) in [6.45, 7) is 4.09. The maximum atomic E-state index is 13.3. The van der Waals surface area contributed by atoms with Crippen molar-refractivity contribution in [2.24, 2.45) is 0 Å². The highest BCUT2D eigenvalue weighted by Gasteiger charge is 2.45. The third-order valence-corrected chi connectivity index (χ3v) is 5.89. The lowest BCUT2D eigenvalue weighted by Gasteiger charge is -2.22. The highest BCUT2D eigenvalue weighted by atomic mass is 19.1. The van der Waals surface area contributed by atoms with Crippen molar-refractivity contribution in [3.8, 4) is 16.9 Å². The number of ketones is 2. The summed E-state index contributed by atoms with van der Waals surface area (Å²) in [6.07, 6.45) is 1.77. The van der Waals surface area contributed by atoms with E-state index in [0.717, 1.165) is 16.7 Å². The third kappa shape index (κ3) is 4.21. The van der Waals surface area contributed by atoms with Crippen LogP contribution in [0.15, 0.2) is 72.2 Å². The molecule has 8 nitrogen and oxygen atoms in total. The molecule has 1 atom stereocenters. The Morgan fingerprint density at radius 1 is 1.09 bits per heavy atom. The van der Waals surface area contributed by atoms with E-state index in [1.165, 1.54) is 29.4 Å². The normalized spacial score (nSPS) is 17.2. The summed E-state index contributed by atoms with van der Waals surface area (Å²) in [7, 11) is 0. The predicted molar refractivity (Wildman–Crippen MR) is 125 cm³/mol. The van der Waals surface area contributed by atoms with E-state index in [0.29, 0.717) is 12.2 Å². The second-order valence-electron chi connectivity index (χ2n) is 8.62. The molecule has 5 rings (SSSR count). The lowest BCUT2D eigenvalue weighted by molar-refractivity contribution is -0.858. The summed E-state index contributed by atoms with van der Waals surface area (Å²) in [5, 5.41) is 13.4. The maximum absolute atomic E-state index is 13.3. The number of ether oxygens (including phenoxy) is 1. The molecule has 2 aliphatic rings. The Kier molecular flexibility index (Phi) is 5.89. The molecular weight excluding hydrogens is 451 g/mol. The Morgan fingerprint density at radius 3 is 2.57 bits per heavy atom. The van der Waals surface area contributed by atoms with E-state index < -0.39 is 16.7 Å². The maximum Gasteiger partial charge on any atom is 0.269 e. The molecule has 2 N–H and O–H groups in total. The van der Waals surface area contributed by atoms with Gasteiger partial charge in [0.25, 0.3) is 5.78 Å². The number of nitrogens with zero attached hydrogens (tertiary/aromatic N) is 2. The Hall–Kier alpha value is -3.92. The Morgan fingerprint density at radius 2 is 1.83 bits per heavy atom. The van der Waals surface area contributed by atoms with Gasteiger partial charge in [0.2, 0.25) is 11.5 Å². The number of rotatable bonds is 6. The minimum Gasteiger partial charge on any atom is -0.606 e. The Balaban J connectivity index is 1.41. The van der Waals surface area contributed by atoms with Crippen LogP contribution >= 0.6 is 0 Å². The van der Waals surface area contributed by atoms with Gasteiger partial charge in [-0.1, -0.05) is 29.8 Å². The molecular formula is C26H23FN4O4. The van der Waals surface area contributed by atoms with Crippen molar-refractivity contribution >= 4 is 11.6 Å². The van der Waals surface area contributed by atoms with Gasteiger partial charge in [0.1, 0.15) is 17.3 Å². The molecule has 3 aromatic rings. The minimum absolute atomic E-state index is 0.00254. The average Bonchev–Trinajstić information content (AvgIpc) is 3.18. The van der Waals surface area contributed by atoms with Crippen molar-refractivity contribution < 1.29 is 23.9 Å². The number of hydrogen-bond donors (Lipinski definition) is 2. The van der Waals surface area contributed by atoms with E-state index in [-0.39, 0.29) is 41.1 Å². The first-order valence-corrected chi connectivity index (χ1v) is 11.3. The number of quaternary nitrogens is 1. The van der Waals surface area contributed by atoms with Gasteiger partial charge in [-0.25, -0.2) is 9.56 Å². The van der Waals surface area contributed by atoms with Crippen molar-refractivity contribution in [2.75, 3.05) is 6.54 Å². The van der Waals surface area contributed by atoms with Gasteiger partial charge in [0, 0.05) is 12.7 Å². The van der Waals surface area contributed by atoms with Crippen molar-refractivity contribution in [2.45, 2.75) is 26.4 Å². The first-order chi connectivity index (χ1) is 16.8. The van der Waals surface area contributed by atoms with Gasteiger partial charge in [-0.3, -0.25) is 19.6 Å². The first kappa shape index (κ1) is 22.9. The smallest absolute Gasteiger partial charge is 0.269 e. The van der Waals surface area contributed by atoms with Crippen LogP contribution in [0.5, 0.6) is 5.75 Å². The molecule has 0 saturated carbocycles. The highest BCUT2D eigenvalue weighted by molar-refractivity contribution is 6.25. The zero-order valence-corrected chi connectivity index (χ0v) is 19.2. The molecule has 0 radical (unpaired) electrons. The standard InChI is InChI=1S/C26H23FN4O4/c1-15(2)35-21-14-18(16-7-9-19(27)10-8-16)6-5-17(21)11-13-30-23-24(31(34)29-30)26(33)22-20(25(23)32)4-3-12-28-22/h3-10,12,14-15,29,31H,11,13H2,1-2H3. The van der Waals surface area contributed by atoms with Crippen LogP contribution in [-0.2, 0) is 6.42 Å². The lowest BCUT2D eigenvalue weighted by atomic mass is 9.94. The van der Waals surface area contributed by atoms with Crippen LogP contribution in [0.25, 0.3) is 11.1 Å². The van der Waals surface area contributed by atoms with Gasteiger partial charge >= 0.3 is 0 Å². The fourth-order valence-electron chi connectivity index (χ4n) is 4.29. The number of benzene rings is 2. The number of fused-ring (bicyclic) bond motifs is 1. The molecule has 0 amide bonds. The van der Waals surface area contributed by atoms with Gasteiger partial charge in [-0.15, -0.1) is 0 Å². The fourth-order valence-corrected chi connectivity index (χ4v) is 4.29. The third-order valence-electron chi connectivity index (χ3n) is 5.89. The second kappa shape index (κ2) is 9.03. The van der Waals surface area contributed by atoms with E-state index in [9.17, 15) is 19.2 Å². The van der Waals surface area contributed by atoms with E-state index in [1.807, 2.05) is 32.0 Å². The summed E-state index contributed by atoms with van der Waals surface area (Å²) in [6, 6.07) is 15.1. The van der Waals surface area contributed by atoms with E-state index in [2.05, 4.69) is 10.5 Å². The van der Waals surface area contributed by atoms with Gasteiger partial charge in [0.15, 0.2) is 5.70 Å². The molecule has 0 spiro atoms. The first-order valence-electron chi connectivity index (χ1n) is 11.3. The molecule has 9 heteroatoms. The quantitative estimate of drug-likeness (QED) is 0.530. The number of hydrogen-bond acceptors (Lipinski definition) is 7. The van der Waals surface area contributed by atoms with Crippen LogP contribution in [0.3, 0.4) is 0 Å². The molecule has 0 saturated heterocycles. The van der Waals surface area contributed by atoms with E-state index >= 15 is 0 Å². The average molecular weight is 474 g/mol. The molecule has 1 aliphatic heterocycles. The summed E-state index contributed by atoms with van der Waals surface area (Å²) in [4.78, 5) is 30.0. The molecule has 0 fully saturated rings. The number of aromatic nitrogens is 1. The molecule has 1 aromatic heterocycles. The number of halogens is 1. The Bertz CT molecular complexity index is 1350. The van der Waals surface area contributed by atoms with Crippen molar-refractivity contribution in [1.82, 2.24) is 15.5 Å². The lowest BCUT2D eigenvalue weighted by Crippen LogP contribution is -3.12. The summed E-state index contributed by atoms with van der Waals surface area (Å²) in [5.74, 6) is -0.615. The summed E-state index contributed by atoms with van der Waals surface area (Å²) >= 11 is 0. The van der Waals surface area contributed by atoms with E-state index in [4.69, 9.17) is 4.74 Å². The van der Waals surface area contributed by atoms with E-state index in [1.54, 1.807) is 18.2 Å². The molecule has 0 bridgehead atoms. The summed E-state index contributed by atoms with van der Waals surface area (Å²) in [5.41, 5.74) is 5.29. The highest BCUT2D eigenvalue weighted by Crippen LogP contribution is 2.30. The molecule has 1 unspecified atom stereocenters. The van der Waals surface area contributed by atoms with Crippen molar-refractivity contribution in [3.05, 3.63) is 100 Å². The number of carbonyl (C=O) groups is 2. The zero-order chi connectivity index (χ0) is 24.7. The number of nitrogens with one attached hydrogen (secondary N) is 2. The number of Topliss-reactive ketones (excluding diaryl/α,β-unsaturated/α-hetero) is 2. The minimum atomic E-state index is -0.611. The summed E-state index contributed by atoms with van der Waals surface area (Å²) < 4.78 is 19.4. The Labute approximate surface area is 201 Å². The van der Waals surface area contributed by atoms with Gasteiger partial charge in [-0.2, -0.15) is 0 Å². The van der Waals surface area contributed by atoms with Crippen LogP contribution in [0.4, 0.5) is 4.39 Å². The predicted octanol–water partition coefficient (Wildman–Crippen LogP) is 2.63.